The number of aliphatic hydroxyl groups excluding tert-OH is 1. The SMILES string of the molecule is Cc1c(Cl)cc(C(=O)N2C[C@H](O)CO2)cc1Cl. The molecule has 1 fully saturated rings. The fourth-order valence-corrected chi connectivity index (χ4v) is 2.01. The van der Waals surface area contributed by atoms with Crippen LogP contribution in [0, 0.1) is 6.92 Å². The lowest BCUT2D eigenvalue weighted by Crippen LogP contribution is -2.28. The van der Waals surface area contributed by atoms with Crippen LogP contribution in [-0.4, -0.2) is 35.3 Å². The fraction of sp³-hybridized carbons (Fsp3) is 0.364. The lowest BCUT2D eigenvalue weighted by Gasteiger charge is -2.14. The van der Waals surface area contributed by atoms with Gasteiger partial charge in [-0.3, -0.25) is 9.63 Å². The number of hydrogen-bond donors (Lipinski definition) is 1. The van der Waals surface area contributed by atoms with Crippen LogP contribution in [0.1, 0.15) is 15.9 Å². The van der Waals surface area contributed by atoms with Crippen molar-refractivity contribution in [2.75, 3.05) is 13.2 Å². The van der Waals surface area contributed by atoms with Crippen LogP contribution in [0.3, 0.4) is 0 Å². The molecule has 1 heterocycles. The number of rotatable bonds is 1. The van der Waals surface area contributed by atoms with Crippen LogP contribution in [0.5, 0.6) is 0 Å². The van der Waals surface area contributed by atoms with Gasteiger partial charge in [-0.15, -0.1) is 0 Å². The number of carbonyl (C=O) groups excluding carboxylic acids is 1. The molecule has 0 spiro atoms. The number of amides is 1. The van der Waals surface area contributed by atoms with Crippen LogP contribution in [0.25, 0.3) is 0 Å². The monoisotopic (exact) mass is 275 g/mol. The highest BCUT2D eigenvalue weighted by molar-refractivity contribution is 6.36. The van der Waals surface area contributed by atoms with Crippen LogP contribution >= 0.6 is 23.2 Å². The Balaban J connectivity index is 2.25. The molecule has 0 saturated carbocycles. The van der Waals surface area contributed by atoms with Crippen molar-refractivity contribution >= 4 is 29.1 Å². The van der Waals surface area contributed by atoms with Gasteiger partial charge in [-0.25, -0.2) is 5.06 Å². The van der Waals surface area contributed by atoms with E-state index in [4.69, 9.17) is 28.0 Å². The quantitative estimate of drug-likeness (QED) is 0.854. The molecule has 1 N–H and O–H groups in total. The zero-order chi connectivity index (χ0) is 12.6. The van der Waals surface area contributed by atoms with Gasteiger partial charge in [0.1, 0.15) is 12.7 Å². The zero-order valence-electron chi connectivity index (χ0n) is 9.11. The van der Waals surface area contributed by atoms with Gasteiger partial charge in [-0.2, -0.15) is 0 Å². The number of aliphatic hydroxyl groups is 1. The molecule has 6 heteroatoms. The Labute approximate surface area is 109 Å². The van der Waals surface area contributed by atoms with Crippen molar-refractivity contribution in [3.8, 4) is 0 Å². The van der Waals surface area contributed by atoms with Gasteiger partial charge >= 0.3 is 0 Å². The molecule has 1 aromatic rings. The van der Waals surface area contributed by atoms with Gasteiger partial charge in [0.2, 0.25) is 0 Å². The lowest BCUT2D eigenvalue weighted by atomic mass is 10.1. The Kier molecular flexibility index (Phi) is 3.58. The topological polar surface area (TPSA) is 49.8 Å². The molecule has 0 aliphatic carbocycles. The molecule has 1 aliphatic rings. The van der Waals surface area contributed by atoms with E-state index in [2.05, 4.69) is 0 Å². The maximum Gasteiger partial charge on any atom is 0.277 e. The molecule has 1 amide bonds. The summed E-state index contributed by atoms with van der Waals surface area (Å²) in [5, 5.41) is 11.3. The summed E-state index contributed by atoms with van der Waals surface area (Å²) in [4.78, 5) is 17.0. The molecule has 17 heavy (non-hydrogen) atoms. The van der Waals surface area contributed by atoms with E-state index in [1.165, 1.54) is 0 Å². The Morgan fingerprint density at radius 2 is 2.06 bits per heavy atom. The minimum absolute atomic E-state index is 0.124. The summed E-state index contributed by atoms with van der Waals surface area (Å²) in [6.45, 7) is 2.05. The third-order valence-electron chi connectivity index (χ3n) is 2.55. The van der Waals surface area contributed by atoms with Crippen molar-refractivity contribution in [3.05, 3.63) is 33.3 Å². The first kappa shape index (κ1) is 12.6. The third kappa shape index (κ3) is 2.55. The molecule has 1 atom stereocenters. The number of halogens is 2. The van der Waals surface area contributed by atoms with Crippen LogP contribution in [0.4, 0.5) is 0 Å². The van der Waals surface area contributed by atoms with Gasteiger partial charge in [-0.05, 0) is 24.6 Å². The van der Waals surface area contributed by atoms with E-state index in [1.54, 1.807) is 19.1 Å². The Morgan fingerprint density at radius 3 is 2.53 bits per heavy atom. The first-order valence-corrected chi connectivity index (χ1v) is 5.83. The van der Waals surface area contributed by atoms with E-state index in [0.29, 0.717) is 15.6 Å². The summed E-state index contributed by atoms with van der Waals surface area (Å²) >= 11 is 11.9. The molecule has 92 valence electrons. The number of nitrogens with zero attached hydrogens (tertiary/aromatic N) is 1. The Bertz CT molecular complexity index is 441. The standard InChI is InChI=1S/C11H11Cl2NO3/c1-6-9(12)2-7(3-10(6)13)11(16)14-4-8(15)5-17-14/h2-3,8,15H,4-5H2,1H3/t8-/m0/s1. The van der Waals surface area contributed by atoms with E-state index in [1.807, 2.05) is 0 Å². The van der Waals surface area contributed by atoms with Gasteiger partial charge in [0, 0.05) is 15.6 Å². The molecule has 2 rings (SSSR count). The van der Waals surface area contributed by atoms with Crippen molar-refractivity contribution < 1.29 is 14.7 Å². The van der Waals surface area contributed by atoms with Crippen LogP contribution in [-0.2, 0) is 4.84 Å². The number of benzene rings is 1. The van der Waals surface area contributed by atoms with Crippen LogP contribution in [0.15, 0.2) is 12.1 Å². The second kappa shape index (κ2) is 4.82. The second-order valence-corrected chi connectivity index (χ2v) is 4.70. The fourth-order valence-electron chi connectivity index (χ4n) is 1.53. The zero-order valence-corrected chi connectivity index (χ0v) is 10.6. The van der Waals surface area contributed by atoms with Crippen LogP contribution in [0.2, 0.25) is 10.0 Å². The molecule has 0 unspecified atom stereocenters. The van der Waals surface area contributed by atoms with Gasteiger partial charge in [0.15, 0.2) is 0 Å². The summed E-state index contributed by atoms with van der Waals surface area (Å²) in [5.41, 5.74) is 1.08. The van der Waals surface area contributed by atoms with E-state index in [9.17, 15) is 9.90 Å². The average Bonchev–Trinajstić information content (AvgIpc) is 2.71. The molecule has 4 nitrogen and oxygen atoms in total. The van der Waals surface area contributed by atoms with Crippen molar-refractivity contribution in [1.29, 1.82) is 0 Å². The highest BCUT2D eigenvalue weighted by atomic mass is 35.5. The van der Waals surface area contributed by atoms with Gasteiger partial charge < -0.3 is 5.11 Å². The summed E-state index contributed by atoms with van der Waals surface area (Å²) in [5.74, 6) is -0.356. The number of hydrogen-bond acceptors (Lipinski definition) is 3. The maximum absolute atomic E-state index is 12.0. The third-order valence-corrected chi connectivity index (χ3v) is 3.34. The van der Waals surface area contributed by atoms with Crippen molar-refractivity contribution in [1.82, 2.24) is 5.06 Å². The summed E-state index contributed by atoms with van der Waals surface area (Å²) in [6.07, 6.45) is -0.643. The molecular weight excluding hydrogens is 265 g/mol. The van der Waals surface area contributed by atoms with E-state index >= 15 is 0 Å². The van der Waals surface area contributed by atoms with Crippen LogP contribution < -0.4 is 0 Å². The molecule has 1 saturated heterocycles. The highest BCUT2D eigenvalue weighted by Gasteiger charge is 2.27. The second-order valence-electron chi connectivity index (χ2n) is 3.88. The summed E-state index contributed by atoms with van der Waals surface area (Å²) < 4.78 is 0. The van der Waals surface area contributed by atoms with E-state index < -0.39 is 6.10 Å². The summed E-state index contributed by atoms with van der Waals surface area (Å²) in [7, 11) is 0. The minimum Gasteiger partial charge on any atom is -0.389 e. The van der Waals surface area contributed by atoms with Gasteiger partial charge in [0.05, 0.1) is 6.54 Å². The van der Waals surface area contributed by atoms with E-state index in [-0.39, 0.29) is 19.1 Å². The Morgan fingerprint density at radius 1 is 1.47 bits per heavy atom. The van der Waals surface area contributed by atoms with Crippen molar-refractivity contribution in [3.63, 3.8) is 0 Å². The summed E-state index contributed by atoms with van der Waals surface area (Å²) in [6, 6.07) is 3.08. The smallest absolute Gasteiger partial charge is 0.277 e. The Hall–Kier alpha value is -0.810. The number of β-amino-alcohol motifs (C(OH)–C–C–N with tert-alkyl or cyclic N) is 1. The average molecular weight is 276 g/mol. The normalized spacial score (nSPS) is 19.8. The largest absolute Gasteiger partial charge is 0.389 e. The molecule has 1 aromatic carbocycles. The maximum atomic E-state index is 12.0. The van der Waals surface area contributed by atoms with E-state index in [0.717, 1.165) is 10.6 Å². The van der Waals surface area contributed by atoms with Gasteiger partial charge in [-0.1, -0.05) is 23.2 Å². The van der Waals surface area contributed by atoms with Crippen molar-refractivity contribution in [2.24, 2.45) is 0 Å². The molecule has 1 aliphatic heterocycles. The first-order valence-electron chi connectivity index (χ1n) is 5.07. The molecule has 0 bridgehead atoms. The number of hydroxylamine groups is 2. The predicted octanol–water partition coefficient (Wildman–Crippen LogP) is 2.05. The minimum atomic E-state index is -0.643. The number of carbonyl (C=O) groups is 1. The van der Waals surface area contributed by atoms with Crippen molar-refractivity contribution in [2.45, 2.75) is 13.0 Å². The van der Waals surface area contributed by atoms with Gasteiger partial charge in [0.25, 0.3) is 5.91 Å². The predicted molar refractivity (Wildman–Crippen MR) is 64.2 cm³/mol. The highest BCUT2D eigenvalue weighted by Crippen LogP contribution is 2.26. The molecule has 0 radical (unpaired) electrons. The lowest BCUT2D eigenvalue weighted by molar-refractivity contribution is -0.0779. The molecule has 0 aromatic heterocycles. The first-order chi connectivity index (χ1) is 7.99. The molecular formula is C11H11Cl2NO3.